The fraction of sp³-hybridized carbons (Fsp3) is 0.286. The van der Waals surface area contributed by atoms with Crippen LogP contribution in [0.3, 0.4) is 0 Å². The van der Waals surface area contributed by atoms with E-state index in [0.29, 0.717) is 11.4 Å². The number of amides is 1. The molecular formula is C21H23FN6O. The van der Waals surface area contributed by atoms with Gasteiger partial charge in [-0.15, -0.1) is 5.10 Å². The van der Waals surface area contributed by atoms with E-state index in [-0.39, 0.29) is 17.3 Å². The molecule has 2 aromatic carbocycles. The summed E-state index contributed by atoms with van der Waals surface area (Å²) in [5, 5.41) is 10.7. The van der Waals surface area contributed by atoms with Crippen LogP contribution in [0.5, 0.6) is 0 Å². The molecule has 0 radical (unpaired) electrons. The van der Waals surface area contributed by atoms with Crippen LogP contribution >= 0.6 is 0 Å². The topological polar surface area (TPSA) is 66.3 Å². The lowest BCUT2D eigenvalue weighted by molar-refractivity contribution is 0.102. The molecule has 1 N–H and O–H groups in total. The number of nitrogens with zero attached hydrogens (tertiary/aromatic N) is 5. The van der Waals surface area contributed by atoms with Crippen molar-refractivity contribution in [2.75, 3.05) is 43.4 Å². The molecule has 29 heavy (non-hydrogen) atoms. The summed E-state index contributed by atoms with van der Waals surface area (Å²) in [6.45, 7) is 5.74. The summed E-state index contributed by atoms with van der Waals surface area (Å²) >= 11 is 0. The fourth-order valence-electron chi connectivity index (χ4n) is 3.40. The van der Waals surface area contributed by atoms with Crippen LogP contribution in [0.4, 0.5) is 15.8 Å². The molecule has 0 saturated carbocycles. The van der Waals surface area contributed by atoms with Crippen LogP contribution in [0, 0.1) is 12.7 Å². The number of benzene rings is 2. The van der Waals surface area contributed by atoms with Crippen molar-refractivity contribution < 1.29 is 9.18 Å². The summed E-state index contributed by atoms with van der Waals surface area (Å²) in [6.07, 6.45) is 0. The predicted molar refractivity (Wildman–Crippen MR) is 110 cm³/mol. The van der Waals surface area contributed by atoms with E-state index in [0.717, 1.165) is 31.9 Å². The number of nitrogens with one attached hydrogen (secondary N) is 1. The fourth-order valence-corrected chi connectivity index (χ4v) is 3.40. The maximum absolute atomic E-state index is 14.0. The van der Waals surface area contributed by atoms with E-state index in [1.807, 2.05) is 24.3 Å². The summed E-state index contributed by atoms with van der Waals surface area (Å²) in [5.41, 5.74) is 2.71. The standard InChI is InChI=1S/C21H23FN6O/c1-15-20(24-25-28(15)19-6-4-3-5-18(19)22)21(29)23-16-7-9-17(10-8-16)27-13-11-26(2)12-14-27/h3-10H,11-14H2,1-2H3,(H,23,29). The first-order chi connectivity index (χ1) is 14.0. The lowest BCUT2D eigenvalue weighted by Gasteiger charge is -2.34. The van der Waals surface area contributed by atoms with Crippen LogP contribution in [0.2, 0.25) is 0 Å². The van der Waals surface area contributed by atoms with Gasteiger partial charge >= 0.3 is 0 Å². The summed E-state index contributed by atoms with van der Waals surface area (Å²) in [6, 6.07) is 14.0. The first kappa shape index (κ1) is 19.1. The second kappa shape index (κ2) is 8.00. The summed E-state index contributed by atoms with van der Waals surface area (Å²) in [5.74, 6) is -0.801. The molecule has 1 amide bonds. The van der Waals surface area contributed by atoms with Gasteiger partial charge in [0, 0.05) is 37.6 Å². The van der Waals surface area contributed by atoms with E-state index in [1.54, 1.807) is 25.1 Å². The van der Waals surface area contributed by atoms with Gasteiger partial charge < -0.3 is 15.1 Å². The molecule has 0 unspecified atom stereocenters. The van der Waals surface area contributed by atoms with Crippen molar-refractivity contribution in [3.05, 3.63) is 65.7 Å². The van der Waals surface area contributed by atoms with Crippen molar-refractivity contribution in [1.29, 1.82) is 0 Å². The zero-order valence-electron chi connectivity index (χ0n) is 16.5. The van der Waals surface area contributed by atoms with E-state index < -0.39 is 5.82 Å². The Hall–Kier alpha value is -3.26. The van der Waals surface area contributed by atoms with Crippen LogP contribution in [0.1, 0.15) is 16.2 Å². The quantitative estimate of drug-likeness (QED) is 0.737. The van der Waals surface area contributed by atoms with Gasteiger partial charge in [-0.05, 0) is 50.4 Å². The van der Waals surface area contributed by atoms with E-state index in [9.17, 15) is 9.18 Å². The average molecular weight is 394 g/mol. The van der Waals surface area contributed by atoms with E-state index in [4.69, 9.17) is 0 Å². The van der Waals surface area contributed by atoms with Crippen molar-refractivity contribution in [2.24, 2.45) is 0 Å². The first-order valence-electron chi connectivity index (χ1n) is 9.55. The molecule has 0 bridgehead atoms. The normalized spacial score (nSPS) is 14.8. The molecular weight excluding hydrogens is 371 g/mol. The highest BCUT2D eigenvalue weighted by Gasteiger charge is 2.19. The minimum absolute atomic E-state index is 0.163. The Labute approximate surface area is 168 Å². The SMILES string of the molecule is Cc1c(C(=O)Nc2ccc(N3CCN(C)CC3)cc2)nnn1-c1ccccc1F. The maximum Gasteiger partial charge on any atom is 0.278 e. The monoisotopic (exact) mass is 394 g/mol. The lowest BCUT2D eigenvalue weighted by atomic mass is 10.2. The van der Waals surface area contributed by atoms with Crippen molar-refractivity contribution in [2.45, 2.75) is 6.92 Å². The zero-order chi connectivity index (χ0) is 20.4. The van der Waals surface area contributed by atoms with E-state index in [1.165, 1.54) is 10.7 Å². The van der Waals surface area contributed by atoms with E-state index in [2.05, 4.69) is 32.5 Å². The number of hydrogen-bond acceptors (Lipinski definition) is 5. The minimum atomic E-state index is -0.424. The number of anilines is 2. The molecule has 150 valence electrons. The number of para-hydroxylation sites is 1. The Kier molecular flexibility index (Phi) is 5.26. The third-order valence-corrected chi connectivity index (χ3v) is 5.18. The Balaban J connectivity index is 1.47. The number of likely N-dealkylation sites (N-methyl/N-ethyl adjacent to an activating group) is 1. The Bertz CT molecular complexity index is 1010. The molecule has 4 rings (SSSR count). The molecule has 3 aromatic rings. The molecule has 1 saturated heterocycles. The summed E-state index contributed by atoms with van der Waals surface area (Å²) in [7, 11) is 2.13. The minimum Gasteiger partial charge on any atom is -0.369 e. The van der Waals surface area contributed by atoms with Crippen molar-refractivity contribution in [3.63, 3.8) is 0 Å². The van der Waals surface area contributed by atoms with Crippen LogP contribution < -0.4 is 10.2 Å². The number of carbonyl (C=O) groups is 1. The van der Waals surface area contributed by atoms with Crippen LogP contribution in [-0.2, 0) is 0 Å². The first-order valence-corrected chi connectivity index (χ1v) is 9.55. The number of hydrogen-bond donors (Lipinski definition) is 1. The molecule has 1 aliphatic heterocycles. The summed E-state index contributed by atoms with van der Waals surface area (Å²) in [4.78, 5) is 17.3. The molecule has 7 nitrogen and oxygen atoms in total. The highest BCUT2D eigenvalue weighted by Crippen LogP contribution is 2.21. The van der Waals surface area contributed by atoms with Crippen molar-refractivity contribution in [3.8, 4) is 5.69 Å². The summed E-state index contributed by atoms with van der Waals surface area (Å²) < 4.78 is 15.4. The Morgan fingerprint density at radius 2 is 1.72 bits per heavy atom. The highest BCUT2D eigenvalue weighted by atomic mass is 19.1. The number of rotatable bonds is 4. The number of carbonyl (C=O) groups excluding carboxylic acids is 1. The lowest BCUT2D eigenvalue weighted by Crippen LogP contribution is -2.44. The van der Waals surface area contributed by atoms with Gasteiger partial charge in [-0.2, -0.15) is 0 Å². The predicted octanol–water partition coefficient (Wildman–Crippen LogP) is 2.72. The molecule has 1 aromatic heterocycles. The van der Waals surface area contributed by atoms with Gasteiger partial charge in [-0.1, -0.05) is 17.3 Å². The third-order valence-electron chi connectivity index (χ3n) is 5.18. The van der Waals surface area contributed by atoms with Crippen LogP contribution in [0.25, 0.3) is 5.69 Å². The van der Waals surface area contributed by atoms with Crippen molar-refractivity contribution in [1.82, 2.24) is 19.9 Å². The Morgan fingerprint density at radius 3 is 2.41 bits per heavy atom. The maximum atomic E-state index is 14.0. The van der Waals surface area contributed by atoms with Gasteiger partial charge in [-0.3, -0.25) is 4.79 Å². The number of piperazine rings is 1. The molecule has 1 aliphatic rings. The smallest absolute Gasteiger partial charge is 0.278 e. The molecule has 0 atom stereocenters. The largest absolute Gasteiger partial charge is 0.369 e. The molecule has 8 heteroatoms. The van der Waals surface area contributed by atoms with Crippen molar-refractivity contribution >= 4 is 17.3 Å². The second-order valence-electron chi connectivity index (χ2n) is 7.18. The zero-order valence-corrected chi connectivity index (χ0v) is 16.5. The van der Waals surface area contributed by atoms with Gasteiger partial charge in [0.2, 0.25) is 0 Å². The number of halogens is 1. The van der Waals surface area contributed by atoms with Gasteiger partial charge in [-0.25, -0.2) is 9.07 Å². The van der Waals surface area contributed by atoms with Gasteiger partial charge in [0.05, 0.1) is 5.69 Å². The van der Waals surface area contributed by atoms with Gasteiger partial charge in [0.1, 0.15) is 11.5 Å². The van der Waals surface area contributed by atoms with Gasteiger partial charge in [0.15, 0.2) is 5.69 Å². The number of aromatic nitrogens is 3. The molecule has 1 fully saturated rings. The molecule has 0 spiro atoms. The van der Waals surface area contributed by atoms with Gasteiger partial charge in [0.25, 0.3) is 5.91 Å². The Morgan fingerprint density at radius 1 is 1.03 bits per heavy atom. The second-order valence-corrected chi connectivity index (χ2v) is 7.18. The van der Waals surface area contributed by atoms with E-state index >= 15 is 0 Å². The average Bonchev–Trinajstić information content (AvgIpc) is 3.11. The van der Waals surface area contributed by atoms with Crippen LogP contribution in [0.15, 0.2) is 48.5 Å². The van der Waals surface area contributed by atoms with Crippen LogP contribution in [-0.4, -0.2) is 59.0 Å². The molecule has 2 heterocycles. The molecule has 0 aliphatic carbocycles. The third kappa shape index (κ3) is 3.97. The highest BCUT2D eigenvalue weighted by molar-refractivity contribution is 6.03.